The van der Waals surface area contributed by atoms with E-state index in [-0.39, 0.29) is 11.3 Å². The number of ether oxygens (including phenoxy) is 2. The number of methoxy groups -OCH3 is 1. The monoisotopic (exact) mass is 492 g/mol. The van der Waals surface area contributed by atoms with Crippen molar-refractivity contribution in [2.75, 3.05) is 18.6 Å². The molecule has 0 aliphatic carbocycles. The SMILES string of the molecule is CCCCOc1ccc(C2/C(=C(\O)c3cc(C)ccc3C)C(=O)C(=O)N2c2nccs2)cc1OC. The molecule has 2 heterocycles. The van der Waals surface area contributed by atoms with Gasteiger partial charge in [0.1, 0.15) is 5.76 Å². The van der Waals surface area contributed by atoms with E-state index >= 15 is 0 Å². The molecule has 1 atom stereocenters. The van der Waals surface area contributed by atoms with Crippen LogP contribution in [0.2, 0.25) is 0 Å². The number of benzene rings is 2. The molecule has 1 fully saturated rings. The highest BCUT2D eigenvalue weighted by atomic mass is 32.1. The van der Waals surface area contributed by atoms with Gasteiger partial charge in [-0.25, -0.2) is 4.98 Å². The first-order chi connectivity index (χ1) is 16.9. The molecule has 1 saturated heterocycles. The number of carbonyl (C=O) groups is 2. The van der Waals surface area contributed by atoms with Gasteiger partial charge in [0.25, 0.3) is 5.78 Å². The number of ketones is 1. The van der Waals surface area contributed by atoms with E-state index in [0.29, 0.717) is 34.4 Å². The van der Waals surface area contributed by atoms with Gasteiger partial charge in [-0.05, 0) is 49.6 Å². The maximum Gasteiger partial charge on any atom is 0.301 e. The summed E-state index contributed by atoms with van der Waals surface area (Å²) in [6.07, 6.45) is 3.48. The number of hydrogen-bond acceptors (Lipinski definition) is 7. The first-order valence-electron chi connectivity index (χ1n) is 11.5. The molecule has 2 aromatic carbocycles. The molecule has 0 radical (unpaired) electrons. The third-order valence-electron chi connectivity index (χ3n) is 5.98. The number of hydrogen-bond donors (Lipinski definition) is 1. The first-order valence-corrected chi connectivity index (χ1v) is 12.3. The second kappa shape index (κ2) is 10.3. The zero-order chi connectivity index (χ0) is 25.1. The molecule has 7 nitrogen and oxygen atoms in total. The van der Waals surface area contributed by atoms with E-state index in [2.05, 4.69) is 11.9 Å². The van der Waals surface area contributed by atoms with Gasteiger partial charge in [-0.15, -0.1) is 11.3 Å². The molecule has 0 saturated carbocycles. The normalized spacial score (nSPS) is 17.1. The lowest BCUT2D eigenvalue weighted by Gasteiger charge is -2.24. The van der Waals surface area contributed by atoms with E-state index in [4.69, 9.17) is 9.47 Å². The number of nitrogens with zero attached hydrogens (tertiary/aromatic N) is 2. The Morgan fingerprint density at radius 2 is 1.94 bits per heavy atom. The molecular formula is C27H28N2O5S. The van der Waals surface area contributed by atoms with Gasteiger partial charge in [0.2, 0.25) is 0 Å². The number of carbonyl (C=O) groups excluding carboxylic acids is 2. The predicted octanol–water partition coefficient (Wildman–Crippen LogP) is 5.57. The molecule has 1 unspecified atom stereocenters. The van der Waals surface area contributed by atoms with E-state index in [1.54, 1.807) is 36.9 Å². The lowest BCUT2D eigenvalue weighted by molar-refractivity contribution is -0.132. The summed E-state index contributed by atoms with van der Waals surface area (Å²) in [5.41, 5.74) is 2.85. The second-order valence-corrected chi connectivity index (χ2v) is 9.29. The quantitative estimate of drug-likeness (QED) is 0.191. The Labute approximate surface area is 208 Å². The summed E-state index contributed by atoms with van der Waals surface area (Å²) >= 11 is 1.25. The Hall–Kier alpha value is -3.65. The van der Waals surface area contributed by atoms with Crippen molar-refractivity contribution in [1.29, 1.82) is 0 Å². The molecule has 1 aromatic heterocycles. The number of aliphatic hydroxyl groups excluding tert-OH is 1. The van der Waals surface area contributed by atoms with Gasteiger partial charge in [-0.3, -0.25) is 14.5 Å². The maximum absolute atomic E-state index is 13.3. The molecule has 0 spiro atoms. The van der Waals surface area contributed by atoms with Crippen LogP contribution in [0.4, 0.5) is 5.13 Å². The van der Waals surface area contributed by atoms with Crippen LogP contribution in [0.25, 0.3) is 5.76 Å². The van der Waals surface area contributed by atoms with Crippen LogP contribution >= 0.6 is 11.3 Å². The smallest absolute Gasteiger partial charge is 0.301 e. The third-order valence-corrected chi connectivity index (χ3v) is 6.75. The van der Waals surface area contributed by atoms with Gasteiger partial charge in [0.15, 0.2) is 16.6 Å². The zero-order valence-electron chi connectivity index (χ0n) is 20.2. The Kier molecular flexibility index (Phi) is 7.21. The number of amides is 1. The standard InChI is InChI=1S/C27H28N2O5S/c1-5-6-12-34-20-10-9-18(15-21(20)33-4)23-22(24(30)19-14-16(2)7-8-17(19)3)25(31)26(32)29(23)27-28-11-13-35-27/h7-11,13-15,23,30H,5-6,12H2,1-4H3/b24-22+. The van der Waals surface area contributed by atoms with Gasteiger partial charge in [-0.2, -0.15) is 0 Å². The average molecular weight is 493 g/mol. The molecule has 0 bridgehead atoms. The van der Waals surface area contributed by atoms with Crippen molar-refractivity contribution in [2.24, 2.45) is 0 Å². The molecule has 3 aromatic rings. The largest absolute Gasteiger partial charge is 0.507 e. The summed E-state index contributed by atoms with van der Waals surface area (Å²) in [7, 11) is 1.54. The van der Waals surface area contributed by atoms with Crippen molar-refractivity contribution in [3.63, 3.8) is 0 Å². The summed E-state index contributed by atoms with van der Waals surface area (Å²) in [6.45, 7) is 6.40. The van der Waals surface area contributed by atoms with Gasteiger partial charge in [0, 0.05) is 17.1 Å². The highest BCUT2D eigenvalue weighted by Crippen LogP contribution is 2.44. The van der Waals surface area contributed by atoms with Crippen molar-refractivity contribution < 1.29 is 24.2 Å². The number of Topliss-reactive ketones (excluding diaryl/α,β-unsaturated/α-hetero) is 1. The molecule has 1 aliphatic heterocycles. The number of aliphatic hydroxyl groups is 1. The number of rotatable bonds is 8. The highest BCUT2D eigenvalue weighted by Gasteiger charge is 2.48. The molecule has 35 heavy (non-hydrogen) atoms. The second-order valence-electron chi connectivity index (χ2n) is 8.41. The number of anilines is 1. The highest BCUT2D eigenvalue weighted by molar-refractivity contribution is 7.14. The fourth-order valence-electron chi connectivity index (χ4n) is 4.12. The van der Waals surface area contributed by atoms with Crippen LogP contribution in [0.1, 0.15) is 48.1 Å². The minimum Gasteiger partial charge on any atom is -0.507 e. The zero-order valence-corrected chi connectivity index (χ0v) is 21.0. The summed E-state index contributed by atoms with van der Waals surface area (Å²) < 4.78 is 11.4. The lowest BCUT2D eigenvalue weighted by atomic mass is 9.93. The Bertz CT molecular complexity index is 1280. The minimum atomic E-state index is -0.875. The molecule has 8 heteroatoms. The number of aryl methyl sites for hydroxylation is 2. The van der Waals surface area contributed by atoms with Crippen LogP contribution in [-0.2, 0) is 9.59 Å². The molecule has 1 amide bonds. The maximum atomic E-state index is 13.3. The number of aromatic nitrogens is 1. The van der Waals surface area contributed by atoms with E-state index < -0.39 is 17.7 Å². The fourth-order valence-corrected chi connectivity index (χ4v) is 4.78. The van der Waals surface area contributed by atoms with Gasteiger partial charge >= 0.3 is 5.91 Å². The summed E-state index contributed by atoms with van der Waals surface area (Å²) in [4.78, 5) is 32.2. The van der Waals surface area contributed by atoms with E-state index in [9.17, 15) is 14.7 Å². The van der Waals surface area contributed by atoms with E-state index in [0.717, 1.165) is 24.0 Å². The average Bonchev–Trinajstić information content (AvgIpc) is 3.47. The van der Waals surface area contributed by atoms with Gasteiger partial charge in [-0.1, -0.05) is 37.1 Å². The molecule has 1 N–H and O–H groups in total. The lowest BCUT2D eigenvalue weighted by Crippen LogP contribution is -2.29. The summed E-state index contributed by atoms with van der Waals surface area (Å²) in [6, 6.07) is 10.0. The first kappa shape index (κ1) is 24.5. The fraction of sp³-hybridized carbons (Fsp3) is 0.296. The topological polar surface area (TPSA) is 89.0 Å². The van der Waals surface area contributed by atoms with Crippen LogP contribution in [0.5, 0.6) is 11.5 Å². The van der Waals surface area contributed by atoms with Crippen molar-refractivity contribution in [3.8, 4) is 11.5 Å². The van der Waals surface area contributed by atoms with Gasteiger partial charge in [0.05, 0.1) is 25.3 Å². The van der Waals surface area contributed by atoms with Crippen molar-refractivity contribution >= 4 is 33.9 Å². The molecule has 182 valence electrons. The Morgan fingerprint density at radius 1 is 1.14 bits per heavy atom. The van der Waals surface area contributed by atoms with Crippen molar-refractivity contribution in [3.05, 3.63) is 75.8 Å². The number of unbranched alkanes of at least 4 members (excludes halogenated alkanes) is 1. The summed E-state index contributed by atoms with van der Waals surface area (Å²) in [5, 5.41) is 13.5. The predicted molar refractivity (Wildman–Crippen MR) is 136 cm³/mol. The summed E-state index contributed by atoms with van der Waals surface area (Å²) in [5.74, 6) is -0.652. The van der Waals surface area contributed by atoms with Crippen LogP contribution in [0.15, 0.2) is 53.5 Å². The van der Waals surface area contributed by atoms with E-state index in [1.165, 1.54) is 16.2 Å². The molecule has 1 aliphatic rings. The molecular weight excluding hydrogens is 464 g/mol. The third kappa shape index (κ3) is 4.66. The minimum absolute atomic E-state index is 0.0144. The van der Waals surface area contributed by atoms with Crippen LogP contribution < -0.4 is 14.4 Å². The van der Waals surface area contributed by atoms with Gasteiger partial charge < -0.3 is 14.6 Å². The van der Waals surface area contributed by atoms with Crippen molar-refractivity contribution in [1.82, 2.24) is 4.98 Å². The van der Waals surface area contributed by atoms with Crippen molar-refractivity contribution in [2.45, 2.75) is 39.7 Å². The molecule has 4 rings (SSSR count). The Morgan fingerprint density at radius 3 is 2.63 bits per heavy atom. The Balaban J connectivity index is 1.89. The van der Waals surface area contributed by atoms with Crippen LogP contribution in [-0.4, -0.2) is 35.5 Å². The van der Waals surface area contributed by atoms with Crippen LogP contribution in [0.3, 0.4) is 0 Å². The number of thiazole rings is 1. The van der Waals surface area contributed by atoms with E-state index in [1.807, 2.05) is 32.0 Å². The van der Waals surface area contributed by atoms with Crippen LogP contribution in [0, 0.1) is 13.8 Å².